The largest absolute Gasteiger partial charge is 0.287 e. The molecule has 0 unspecified atom stereocenters. The summed E-state index contributed by atoms with van der Waals surface area (Å²) in [6, 6.07) is 25.6. The Morgan fingerprint density at radius 2 is 1.68 bits per heavy atom. The number of aromatic amines is 1. The summed E-state index contributed by atoms with van der Waals surface area (Å²) in [5.41, 5.74) is 7.27. The molecule has 4 aromatic rings. The first-order chi connectivity index (χ1) is 12.2. The van der Waals surface area contributed by atoms with E-state index in [9.17, 15) is 0 Å². The van der Waals surface area contributed by atoms with Crippen molar-refractivity contribution in [3.05, 3.63) is 96.1 Å². The molecule has 0 atom stereocenters. The highest BCUT2D eigenvalue weighted by molar-refractivity contribution is 5.75. The Labute approximate surface area is 148 Å². The number of rotatable bonds is 4. The van der Waals surface area contributed by atoms with Crippen LogP contribution >= 0.6 is 0 Å². The Morgan fingerprint density at radius 3 is 2.44 bits per heavy atom. The van der Waals surface area contributed by atoms with E-state index in [1.165, 1.54) is 22.2 Å². The first-order valence-corrected chi connectivity index (χ1v) is 8.52. The summed E-state index contributed by atoms with van der Waals surface area (Å²) in [6.45, 7) is 3.96. The molecule has 2 nitrogen and oxygen atoms in total. The second-order valence-corrected chi connectivity index (χ2v) is 6.38. The molecule has 0 aliphatic heterocycles. The number of nitrogens with zero attached hydrogens (tertiary/aromatic N) is 1. The maximum atomic E-state index is 3.96. The summed E-state index contributed by atoms with van der Waals surface area (Å²) in [4.78, 5) is 3.55. The van der Waals surface area contributed by atoms with Gasteiger partial charge in [0.25, 0.3) is 5.82 Å². The number of fused-ring (bicyclic) bond motifs is 1. The van der Waals surface area contributed by atoms with Crippen molar-refractivity contribution >= 4 is 17.1 Å². The Bertz CT molecular complexity index is 1040. The topological polar surface area (TPSA) is 19.7 Å². The van der Waals surface area contributed by atoms with Crippen LogP contribution < -0.4 is 4.57 Å². The lowest BCUT2D eigenvalue weighted by molar-refractivity contribution is -0.633. The fourth-order valence-corrected chi connectivity index (χ4v) is 3.38. The van der Waals surface area contributed by atoms with Gasteiger partial charge >= 0.3 is 0 Å². The molecule has 2 heteroatoms. The van der Waals surface area contributed by atoms with Gasteiger partial charge in [-0.1, -0.05) is 61.2 Å². The number of hydrogen-bond acceptors (Lipinski definition) is 0. The van der Waals surface area contributed by atoms with Gasteiger partial charge < -0.3 is 0 Å². The average molecular weight is 325 g/mol. The van der Waals surface area contributed by atoms with Gasteiger partial charge in [-0.15, -0.1) is 0 Å². The van der Waals surface area contributed by atoms with Crippen molar-refractivity contribution in [2.24, 2.45) is 7.05 Å². The van der Waals surface area contributed by atoms with Gasteiger partial charge in [0.15, 0.2) is 11.0 Å². The van der Waals surface area contributed by atoms with Gasteiger partial charge in [0.05, 0.1) is 12.6 Å². The zero-order chi connectivity index (χ0) is 17.2. The lowest BCUT2D eigenvalue weighted by Crippen LogP contribution is -2.29. The van der Waals surface area contributed by atoms with E-state index in [4.69, 9.17) is 0 Å². The normalized spacial score (nSPS) is 10.9. The van der Waals surface area contributed by atoms with Crippen LogP contribution in [0.15, 0.2) is 79.4 Å². The highest BCUT2D eigenvalue weighted by Gasteiger charge is 2.17. The van der Waals surface area contributed by atoms with Crippen molar-refractivity contribution in [3.63, 3.8) is 0 Å². The van der Waals surface area contributed by atoms with Crippen molar-refractivity contribution in [1.82, 2.24) is 4.98 Å². The van der Waals surface area contributed by atoms with E-state index in [1.807, 2.05) is 6.08 Å². The molecule has 1 N–H and O–H groups in total. The molecule has 0 saturated heterocycles. The molecule has 0 spiro atoms. The van der Waals surface area contributed by atoms with Crippen LogP contribution in [0.5, 0.6) is 0 Å². The van der Waals surface area contributed by atoms with Crippen LogP contribution in [0.4, 0.5) is 0 Å². The summed E-state index contributed by atoms with van der Waals surface area (Å²) in [5.74, 6) is 1.11. The Balaban J connectivity index is 1.82. The summed E-state index contributed by atoms with van der Waals surface area (Å²) in [6.07, 6.45) is 2.83. The Hall–Kier alpha value is -3.13. The molecular formula is C23H21N2+. The molecule has 0 aliphatic rings. The van der Waals surface area contributed by atoms with Crippen LogP contribution in [0.2, 0.25) is 0 Å². The highest BCUT2D eigenvalue weighted by Crippen LogP contribution is 2.23. The van der Waals surface area contributed by atoms with Gasteiger partial charge in [0, 0.05) is 0 Å². The monoisotopic (exact) mass is 325 g/mol. The van der Waals surface area contributed by atoms with E-state index in [1.54, 1.807) is 0 Å². The molecule has 0 aliphatic carbocycles. The van der Waals surface area contributed by atoms with Crippen LogP contribution in [0.1, 0.15) is 16.7 Å². The van der Waals surface area contributed by atoms with Crippen LogP contribution in [-0.2, 0) is 13.5 Å². The van der Waals surface area contributed by atoms with Crippen molar-refractivity contribution in [2.75, 3.05) is 0 Å². The number of benzene rings is 3. The highest BCUT2D eigenvalue weighted by atomic mass is 15.1. The van der Waals surface area contributed by atoms with Crippen LogP contribution in [0.3, 0.4) is 0 Å². The number of nitrogens with one attached hydrogen (secondary N) is 1. The van der Waals surface area contributed by atoms with E-state index in [0.717, 1.165) is 23.3 Å². The molecular weight excluding hydrogens is 304 g/mol. The van der Waals surface area contributed by atoms with Crippen molar-refractivity contribution in [2.45, 2.75) is 6.42 Å². The molecule has 0 bridgehead atoms. The van der Waals surface area contributed by atoms with Gasteiger partial charge in [-0.2, -0.15) is 0 Å². The smallest absolute Gasteiger partial charge is 0.236 e. The van der Waals surface area contributed by atoms with Crippen LogP contribution in [0.25, 0.3) is 28.5 Å². The molecule has 0 saturated carbocycles. The molecule has 4 rings (SSSR count). The molecule has 1 aromatic heterocycles. The number of hydrogen-bond donors (Lipinski definition) is 1. The number of para-hydroxylation sites is 2. The number of imidazole rings is 1. The SMILES string of the molecule is C=Cc1cc(Cc2ccccc2)cc(-c2[nH]c3ccccc3[n+]2C)c1. The van der Waals surface area contributed by atoms with Gasteiger partial charge in [-0.3, -0.25) is 0 Å². The van der Waals surface area contributed by atoms with Crippen molar-refractivity contribution in [3.8, 4) is 11.4 Å². The van der Waals surface area contributed by atoms with E-state index in [0.29, 0.717) is 0 Å². The van der Waals surface area contributed by atoms with Crippen LogP contribution in [0, 0.1) is 0 Å². The lowest BCUT2D eigenvalue weighted by Gasteiger charge is -2.06. The van der Waals surface area contributed by atoms with Gasteiger partial charge in [0.2, 0.25) is 0 Å². The summed E-state index contributed by atoms with van der Waals surface area (Å²) in [7, 11) is 2.10. The maximum absolute atomic E-state index is 3.96. The van der Waals surface area contributed by atoms with Gasteiger partial charge in [0.1, 0.15) is 0 Å². The molecule has 0 amide bonds. The van der Waals surface area contributed by atoms with Crippen molar-refractivity contribution < 1.29 is 4.57 Å². The zero-order valence-electron chi connectivity index (χ0n) is 14.4. The maximum Gasteiger partial charge on any atom is 0.287 e. The zero-order valence-corrected chi connectivity index (χ0v) is 14.4. The second-order valence-electron chi connectivity index (χ2n) is 6.38. The molecule has 25 heavy (non-hydrogen) atoms. The fraction of sp³-hybridized carbons (Fsp3) is 0.0870. The van der Waals surface area contributed by atoms with Crippen LogP contribution in [-0.4, -0.2) is 4.98 Å². The minimum Gasteiger partial charge on any atom is -0.236 e. The molecule has 1 heterocycles. The standard InChI is InChI=1S/C23H20N2/c1-3-17-13-19(14-18-9-5-4-6-10-18)16-20(15-17)23-24-21-11-7-8-12-22(21)25(23)2/h3-13,15-16H,1,14H2,2H3/p+1. The van der Waals surface area contributed by atoms with Gasteiger partial charge in [-0.05, 0) is 47.4 Å². The third kappa shape index (κ3) is 2.99. The molecule has 122 valence electrons. The minimum atomic E-state index is 0.916. The Morgan fingerprint density at radius 1 is 0.920 bits per heavy atom. The summed E-state index contributed by atoms with van der Waals surface area (Å²) >= 11 is 0. The second kappa shape index (κ2) is 6.40. The first kappa shape index (κ1) is 15.4. The summed E-state index contributed by atoms with van der Waals surface area (Å²) < 4.78 is 2.21. The summed E-state index contributed by atoms with van der Waals surface area (Å²) in [5, 5.41) is 0. The predicted octanol–water partition coefficient (Wildman–Crippen LogP) is 4.89. The average Bonchev–Trinajstić information content (AvgIpc) is 2.99. The third-order valence-electron chi connectivity index (χ3n) is 4.63. The van der Waals surface area contributed by atoms with E-state index in [-0.39, 0.29) is 0 Å². The number of aromatic nitrogens is 2. The van der Waals surface area contributed by atoms with E-state index < -0.39 is 0 Å². The van der Waals surface area contributed by atoms with E-state index >= 15 is 0 Å². The van der Waals surface area contributed by atoms with Gasteiger partial charge in [-0.25, -0.2) is 9.55 Å². The van der Waals surface area contributed by atoms with Crippen molar-refractivity contribution in [1.29, 1.82) is 0 Å². The molecule has 0 radical (unpaired) electrons. The molecule has 3 aromatic carbocycles. The first-order valence-electron chi connectivity index (χ1n) is 8.52. The number of aryl methyl sites for hydroxylation is 1. The lowest BCUT2D eigenvalue weighted by atomic mass is 9.99. The fourth-order valence-electron chi connectivity index (χ4n) is 3.38. The predicted molar refractivity (Wildman–Crippen MR) is 104 cm³/mol. The quantitative estimate of drug-likeness (QED) is 0.515. The molecule has 0 fully saturated rings. The minimum absolute atomic E-state index is 0.916. The third-order valence-corrected chi connectivity index (χ3v) is 4.63. The Kier molecular flexibility index (Phi) is 3.95. The number of H-pyrrole nitrogens is 1. The van der Waals surface area contributed by atoms with E-state index in [2.05, 4.69) is 96.0 Å².